The summed E-state index contributed by atoms with van der Waals surface area (Å²) < 4.78 is 20.9. The van der Waals surface area contributed by atoms with Crippen molar-refractivity contribution in [1.82, 2.24) is 0 Å². The zero-order valence-corrected chi connectivity index (χ0v) is 20.6. The number of carbonyl (C=O) groups is 4. The Kier molecular flexibility index (Phi) is 5.92. The minimum Gasteiger partial charge on any atom is -0.457 e. The van der Waals surface area contributed by atoms with Crippen molar-refractivity contribution in [1.29, 1.82) is 0 Å². The Hall–Kier alpha value is -5.24. The van der Waals surface area contributed by atoms with Crippen molar-refractivity contribution in [3.63, 3.8) is 0 Å². The number of benzene rings is 4. The van der Waals surface area contributed by atoms with Gasteiger partial charge in [0.15, 0.2) is 0 Å². The van der Waals surface area contributed by atoms with Gasteiger partial charge >= 0.3 is 23.9 Å². The van der Waals surface area contributed by atoms with Gasteiger partial charge in [0.1, 0.15) is 23.0 Å². The Morgan fingerprint density at radius 3 is 1.44 bits per heavy atom. The van der Waals surface area contributed by atoms with Gasteiger partial charge in [-0.3, -0.25) is 0 Å². The Labute approximate surface area is 222 Å². The molecule has 0 aliphatic carbocycles. The highest BCUT2D eigenvalue weighted by Crippen LogP contribution is 2.31. The molecule has 192 valence electrons. The lowest BCUT2D eigenvalue weighted by Gasteiger charge is -2.14. The van der Waals surface area contributed by atoms with Crippen molar-refractivity contribution in [3.05, 3.63) is 118 Å². The largest absolute Gasteiger partial charge is 0.457 e. The Morgan fingerprint density at radius 1 is 0.538 bits per heavy atom. The summed E-state index contributed by atoms with van der Waals surface area (Å²) in [5.74, 6) is -0.306. The molecular formula is C31H20O8. The molecular weight excluding hydrogens is 500 g/mol. The lowest BCUT2D eigenvalue weighted by Crippen LogP contribution is -1.99. The molecule has 8 heteroatoms. The smallest absolute Gasteiger partial charge is 0.347 e. The zero-order chi connectivity index (χ0) is 27.1. The quantitative estimate of drug-likeness (QED) is 0.208. The summed E-state index contributed by atoms with van der Waals surface area (Å²) in [4.78, 5) is 46.8. The molecule has 0 saturated carbocycles. The number of hydrogen-bond acceptors (Lipinski definition) is 8. The highest BCUT2D eigenvalue weighted by Gasteiger charge is 2.31. The van der Waals surface area contributed by atoms with Crippen LogP contribution in [0.25, 0.3) is 0 Å². The average molecular weight is 520 g/mol. The normalized spacial score (nSPS) is 14.4. The molecule has 0 N–H and O–H groups in total. The van der Waals surface area contributed by atoms with Crippen molar-refractivity contribution >= 4 is 23.9 Å². The van der Waals surface area contributed by atoms with Crippen LogP contribution in [0.2, 0.25) is 0 Å². The van der Waals surface area contributed by atoms with Gasteiger partial charge in [-0.1, -0.05) is 31.2 Å². The van der Waals surface area contributed by atoms with Crippen LogP contribution in [0.15, 0.2) is 84.9 Å². The molecule has 4 aromatic carbocycles. The van der Waals surface area contributed by atoms with Crippen LogP contribution in [0.3, 0.4) is 0 Å². The van der Waals surface area contributed by atoms with E-state index < -0.39 is 23.9 Å². The monoisotopic (exact) mass is 520 g/mol. The summed E-state index contributed by atoms with van der Waals surface area (Å²) in [6.45, 7) is 2.13. The number of cyclic esters (lactones) is 4. The molecule has 39 heavy (non-hydrogen) atoms. The van der Waals surface area contributed by atoms with E-state index >= 15 is 0 Å². The van der Waals surface area contributed by atoms with Crippen LogP contribution in [-0.2, 0) is 15.9 Å². The number of ether oxygens (including phenoxy) is 4. The van der Waals surface area contributed by atoms with Gasteiger partial charge in [0.05, 0.1) is 22.3 Å². The molecule has 0 spiro atoms. The highest BCUT2D eigenvalue weighted by molar-refractivity contribution is 6.15. The van der Waals surface area contributed by atoms with Crippen molar-refractivity contribution < 1.29 is 38.1 Å². The summed E-state index contributed by atoms with van der Waals surface area (Å²) in [5, 5.41) is 0. The second-order valence-corrected chi connectivity index (χ2v) is 9.29. The SMILES string of the molecule is CC(Cc1ccc(Oc2ccc3c(c2)C(=O)OC3=O)cc1)c1ccc(Oc2ccc3c(c2)C(=O)OC3=O)cc1. The molecule has 0 aromatic heterocycles. The maximum atomic E-state index is 11.8. The summed E-state index contributed by atoms with van der Waals surface area (Å²) >= 11 is 0. The molecule has 0 saturated heterocycles. The van der Waals surface area contributed by atoms with E-state index in [-0.39, 0.29) is 28.2 Å². The fraction of sp³-hybridized carbons (Fsp3) is 0.0968. The van der Waals surface area contributed by atoms with E-state index in [9.17, 15) is 19.2 Å². The third-order valence-electron chi connectivity index (χ3n) is 6.62. The third kappa shape index (κ3) is 4.75. The van der Waals surface area contributed by atoms with E-state index in [4.69, 9.17) is 9.47 Å². The molecule has 1 unspecified atom stereocenters. The maximum absolute atomic E-state index is 11.8. The summed E-state index contributed by atoms with van der Waals surface area (Å²) in [6, 6.07) is 24.7. The molecule has 0 fully saturated rings. The molecule has 0 bridgehead atoms. The summed E-state index contributed by atoms with van der Waals surface area (Å²) in [5.41, 5.74) is 3.14. The van der Waals surface area contributed by atoms with Crippen molar-refractivity contribution in [2.45, 2.75) is 19.3 Å². The topological polar surface area (TPSA) is 105 Å². The molecule has 2 heterocycles. The molecule has 2 aliphatic rings. The van der Waals surface area contributed by atoms with Crippen LogP contribution < -0.4 is 9.47 Å². The first-order valence-electron chi connectivity index (χ1n) is 12.2. The number of esters is 4. The van der Waals surface area contributed by atoms with Crippen LogP contribution in [0, 0.1) is 0 Å². The second-order valence-electron chi connectivity index (χ2n) is 9.29. The Bertz CT molecular complexity index is 1650. The third-order valence-corrected chi connectivity index (χ3v) is 6.62. The fourth-order valence-electron chi connectivity index (χ4n) is 4.56. The first-order chi connectivity index (χ1) is 18.8. The number of carbonyl (C=O) groups excluding carboxylic acids is 4. The Balaban J connectivity index is 1.07. The van der Waals surface area contributed by atoms with E-state index in [1.807, 2.05) is 48.5 Å². The van der Waals surface area contributed by atoms with Gasteiger partial charge in [-0.05, 0) is 84.1 Å². The number of fused-ring (bicyclic) bond motifs is 2. The van der Waals surface area contributed by atoms with E-state index in [0.29, 0.717) is 23.0 Å². The number of hydrogen-bond donors (Lipinski definition) is 0. The first kappa shape index (κ1) is 24.1. The highest BCUT2D eigenvalue weighted by atomic mass is 16.6. The minimum atomic E-state index is -0.670. The van der Waals surface area contributed by atoms with Gasteiger partial charge in [-0.15, -0.1) is 0 Å². The van der Waals surface area contributed by atoms with Crippen LogP contribution in [0.4, 0.5) is 0 Å². The van der Waals surface area contributed by atoms with E-state index in [0.717, 1.165) is 17.5 Å². The summed E-state index contributed by atoms with van der Waals surface area (Å²) in [7, 11) is 0. The molecule has 4 aromatic rings. The van der Waals surface area contributed by atoms with Gasteiger partial charge in [0.25, 0.3) is 0 Å². The van der Waals surface area contributed by atoms with Crippen molar-refractivity contribution in [2.75, 3.05) is 0 Å². The standard InChI is InChI=1S/C31H20O8/c1-17(19-4-8-21(9-5-19)37-23-11-13-25-27(16-23)31(35)39-29(25)33)14-18-2-6-20(7-3-18)36-22-10-12-24-26(15-22)30(34)38-28(24)32/h2-13,15-17H,14H2,1H3. The van der Waals surface area contributed by atoms with Gasteiger partial charge in [0.2, 0.25) is 0 Å². The van der Waals surface area contributed by atoms with Crippen molar-refractivity contribution in [2.24, 2.45) is 0 Å². The van der Waals surface area contributed by atoms with E-state index in [1.165, 1.54) is 24.3 Å². The fourth-order valence-corrected chi connectivity index (χ4v) is 4.56. The van der Waals surface area contributed by atoms with Gasteiger partial charge < -0.3 is 18.9 Å². The van der Waals surface area contributed by atoms with Crippen LogP contribution in [-0.4, -0.2) is 23.9 Å². The van der Waals surface area contributed by atoms with Crippen LogP contribution in [0.1, 0.15) is 65.4 Å². The molecule has 8 nitrogen and oxygen atoms in total. The lowest BCUT2D eigenvalue weighted by molar-refractivity contribution is 0.0425. The van der Waals surface area contributed by atoms with E-state index in [2.05, 4.69) is 16.4 Å². The van der Waals surface area contributed by atoms with Crippen LogP contribution >= 0.6 is 0 Å². The average Bonchev–Trinajstić information content (AvgIpc) is 3.38. The second kappa shape index (κ2) is 9.57. The van der Waals surface area contributed by atoms with Gasteiger partial charge in [-0.25, -0.2) is 19.2 Å². The lowest BCUT2D eigenvalue weighted by atomic mass is 9.94. The molecule has 0 radical (unpaired) electrons. The molecule has 0 amide bonds. The predicted molar refractivity (Wildman–Crippen MR) is 138 cm³/mol. The Morgan fingerprint density at radius 2 is 0.949 bits per heavy atom. The maximum Gasteiger partial charge on any atom is 0.347 e. The molecule has 1 atom stereocenters. The predicted octanol–water partition coefficient (Wildman–Crippen LogP) is 6.24. The first-order valence-corrected chi connectivity index (χ1v) is 12.2. The van der Waals surface area contributed by atoms with E-state index in [1.54, 1.807) is 12.1 Å². The molecule has 6 rings (SSSR count). The number of rotatable bonds is 7. The minimum absolute atomic E-state index is 0.202. The molecule has 2 aliphatic heterocycles. The van der Waals surface area contributed by atoms with Crippen LogP contribution in [0.5, 0.6) is 23.0 Å². The summed E-state index contributed by atoms with van der Waals surface area (Å²) in [6.07, 6.45) is 0.800. The van der Waals surface area contributed by atoms with Gasteiger partial charge in [0, 0.05) is 0 Å². The zero-order valence-electron chi connectivity index (χ0n) is 20.6. The van der Waals surface area contributed by atoms with Gasteiger partial charge in [-0.2, -0.15) is 0 Å². The van der Waals surface area contributed by atoms with Crippen molar-refractivity contribution in [3.8, 4) is 23.0 Å².